The Morgan fingerprint density at radius 1 is 1.19 bits per heavy atom. The van der Waals surface area contributed by atoms with Crippen LogP contribution in [0.1, 0.15) is 39.3 Å². The van der Waals surface area contributed by atoms with Gasteiger partial charge in [-0.2, -0.15) is 0 Å². The molecule has 1 unspecified atom stereocenters. The summed E-state index contributed by atoms with van der Waals surface area (Å²) in [5, 5.41) is 6.08. The van der Waals surface area contributed by atoms with Gasteiger partial charge in [0, 0.05) is 36.6 Å². The van der Waals surface area contributed by atoms with Crippen LogP contribution in [0.25, 0.3) is 10.6 Å². The van der Waals surface area contributed by atoms with E-state index in [1.807, 2.05) is 36.6 Å². The van der Waals surface area contributed by atoms with E-state index in [1.54, 1.807) is 11.3 Å². The Kier molecular flexibility index (Phi) is 9.31. The third-order valence-electron chi connectivity index (χ3n) is 5.92. The predicted molar refractivity (Wildman–Crippen MR) is 126 cm³/mol. The third kappa shape index (κ3) is 6.76. The summed E-state index contributed by atoms with van der Waals surface area (Å²) in [6.07, 6.45) is 2.55. The number of benzene rings is 1. The Hall–Kier alpha value is -1.96. The predicted octanol–water partition coefficient (Wildman–Crippen LogP) is 4.00. The summed E-state index contributed by atoms with van der Waals surface area (Å²) in [7, 11) is 0. The molecule has 2 aromatic rings. The third-order valence-corrected chi connectivity index (χ3v) is 6.86. The summed E-state index contributed by atoms with van der Waals surface area (Å²) in [6, 6.07) is 8.29. The zero-order chi connectivity index (χ0) is 22.1. The number of morpholine rings is 1. The van der Waals surface area contributed by atoms with Crippen molar-refractivity contribution in [2.75, 3.05) is 39.5 Å². The second kappa shape index (κ2) is 12.2. The van der Waals surface area contributed by atoms with Crippen molar-refractivity contribution in [3.05, 3.63) is 35.3 Å². The van der Waals surface area contributed by atoms with E-state index >= 15 is 0 Å². The highest BCUT2D eigenvalue weighted by Crippen LogP contribution is 2.26. The molecule has 31 heavy (non-hydrogen) atoms. The smallest absolute Gasteiger partial charge is 0.226 e. The normalized spacial score (nSPS) is 15.7. The van der Waals surface area contributed by atoms with Crippen LogP contribution >= 0.6 is 11.3 Å². The van der Waals surface area contributed by atoms with E-state index < -0.39 is 0 Å². The number of aromatic nitrogens is 1. The number of carbonyl (C=O) groups is 1. The minimum Gasteiger partial charge on any atom is -0.494 e. The van der Waals surface area contributed by atoms with Crippen LogP contribution in [-0.4, -0.2) is 61.3 Å². The molecule has 0 radical (unpaired) electrons. The Labute approximate surface area is 190 Å². The van der Waals surface area contributed by atoms with Crippen molar-refractivity contribution in [2.24, 2.45) is 5.92 Å². The van der Waals surface area contributed by atoms with Crippen molar-refractivity contribution >= 4 is 17.2 Å². The Morgan fingerprint density at radius 2 is 1.90 bits per heavy atom. The number of ether oxygens (including phenoxy) is 2. The molecular formula is C24H35N3O3S. The first-order valence-corrected chi connectivity index (χ1v) is 12.3. The van der Waals surface area contributed by atoms with E-state index in [0.29, 0.717) is 31.5 Å². The molecule has 170 valence electrons. The second-order valence-electron chi connectivity index (χ2n) is 7.87. The summed E-state index contributed by atoms with van der Waals surface area (Å²) < 4.78 is 11.0. The highest BCUT2D eigenvalue weighted by atomic mass is 32.1. The molecule has 1 fully saturated rings. The largest absolute Gasteiger partial charge is 0.494 e. The van der Waals surface area contributed by atoms with Gasteiger partial charge in [-0.3, -0.25) is 9.69 Å². The van der Waals surface area contributed by atoms with E-state index in [1.165, 1.54) is 0 Å². The zero-order valence-electron chi connectivity index (χ0n) is 18.9. The quantitative estimate of drug-likeness (QED) is 0.566. The number of amides is 1. The molecule has 1 aromatic heterocycles. The van der Waals surface area contributed by atoms with Crippen LogP contribution in [0.3, 0.4) is 0 Å². The summed E-state index contributed by atoms with van der Waals surface area (Å²) in [5.74, 6) is 1.46. The molecule has 1 saturated heterocycles. The van der Waals surface area contributed by atoms with Gasteiger partial charge in [0.25, 0.3) is 0 Å². The van der Waals surface area contributed by atoms with Crippen LogP contribution in [0, 0.1) is 5.92 Å². The van der Waals surface area contributed by atoms with Gasteiger partial charge in [0.05, 0.1) is 31.9 Å². The SMILES string of the molecule is CCOc1ccc(-c2nc(CC(=O)NCC(C(CC)CC)N3CCOCC3)cs2)cc1. The standard InChI is InChI=1S/C24H35N3O3S/c1-4-18(5-2)22(27-11-13-29-14-12-27)16-25-23(28)15-20-17-31-24(26-20)19-7-9-21(10-8-19)30-6-3/h7-10,17-18,22H,4-6,11-16H2,1-3H3,(H,25,28). The van der Waals surface area contributed by atoms with E-state index in [0.717, 1.165) is 61.2 Å². The molecule has 2 heterocycles. The van der Waals surface area contributed by atoms with Crippen LogP contribution in [0.2, 0.25) is 0 Å². The zero-order valence-corrected chi connectivity index (χ0v) is 19.7. The first-order chi connectivity index (χ1) is 15.1. The maximum atomic E-state index is 12.7. The fraction of sp³-hybridized carbons (Fsp3) is 0.583. The Bertz CT molecular complexity index is 799. The molecule has 1 atom stereocenters. The van der Waals surface area contributed by atoms with Gasteiger partial charge in [0.1, 0.15) is 10.8 Å². The number of thiazole rings is 1. The summed E-state index contributed by atoms with van der Waals surface area (Å²) in [6.45, 7) is 11.2. The molecule has 0 saturated carbocycles. The van der Waals surface area contributed by atoms with Gasteiger partial charge in [-0.15, -0.1) is 11.3 Å². The van der Waals surface area contributed by atoms with Crippen LogP contribution in [0.5, 0.6) is 5.75 Å². The monoisotopic (exact) mass is 445 g/mol. The maximum Gasteiger partial charge on any atom is 0.226 e. The van der Waals surface area contributed by atoms with Crippen molar-refractivity contribution in [3.8, 4) is 16.3 Å². The van der Waals surface area contributed by atoms with Crippen molar-refractivity contribution in [2.45, 2.75) is 46.1 Å². The Balaban J connectivity index is 1.55. The molecule has 7 heteroatoms. The van der Waals surface area contributed by atoms with Crippen molar-refractivity contribution in [1.29, 1.82) is 0 Å². The first kappa shape index (κ1) is 23.7. The average Bonchev–Trinajstić information content (AvgIpc) is 3.26. The van der Waals surface area contributed by atoms with E-state index in [-0.39, 0.29) is 5.91 Å². The number of rotatable bonds is 11. The number of hydrogen-bond acceptors (Lipinski definition) is 6. The number of nitrogens with zero attached hydrogens (tertiary/aromatic N) is 2. The first-order valence-electron chi connectivity index (χ1n) is 11.4. The van der Waals surface area contributed by atoms with E-state index in [2.05, 4.69) is 29.0 Å². The lowest BCUT2D eigenvalue weighted by Crippen LogP contribution is -2.52. The van der Waals surface area contributed by atoms with Crippen LogP contribution in [0.15, 0.2) is 29.6 Å². The average molecular weight is 446 g/mol. The minimum absolute atomic E-state index is 0.0350. The van der Waals surface area contributed by atoms with Crippen LogP contribution in [0.4, 0.5) is 0 Å². The minimum atomic E-state index is 0.0350. The van der Waals surface area contributed by atoms with Gasteiger partial charge in [0.15, 0.2) is 0 Å². The van der Waals surface area contributed by atoms with Gasteiger partial charge >= 0.3 is 0 Å². The van der Waals surface area contributed by atoms with Crippen LogP contribution in [-0.2, 0) is 16.0 Å². The Morgan fingerprint density at radius 3 is 2.55 bits per heavy atom. The van der Waals surface area contributed by atoms with E-state index in [4.69, 9.17) is 9.47 Å². The number of carbonyl (C=O) groups excluding carboxylic acids is 1. The maximum absolute atomic E-state index is 12.7. The lowest BCUT2D eigenvalue weighted by molar-refractivity contribution is -0.121. The number of hydrogen-bond donors (Lipinski definition) is 1. The van der Waals surface area contributed by atoms with Crippen molar-refractivity contribution in [1.82, 2.24) is 15.2 Å². The van der Waals surface area contributed by atoms with Gasteiger partial charge in [0.2, 0.25) is 5.91 Å². The molecule has 1 aliphatic heterocycles. The molecule has 6 nitrogen and oxygen atoms in total. The molecule has 1 amide bonds. The molecule has 0 aliphatic carbocycles. The summed E-state index contributed by atoms with van der Waals surface area (Å²) in [5.41, 5.74) is 1.86. The molecule has 0 bridgehead atoms. The molecule has 1 aliphatic rings. The topological polar surface area (TPSA) is 63.7 Å². The van der Waals surface area contributed by atoms with Crippen molar-refractivity contribution < 1.29 is 14.3 Å². The lowest BCUT2D eigenvalue weighted by Gasteiger charge is -2.38. The van der Waals surface area contributed by atoms with Gasteiger partial charge in [-0.1, -0.05) is 26.7 Å². The second-order valence-corrected chi connectivity index (χ2v) is 8.73. The van der Waals surface area contributed by atoms with Crippen molar-refractivity contribution in [3.63, 3.8) is 0 Å². The highest BCUT2D eigenvalue weighted by molar-refractivity contribution is 7.13. The fourth-order valence-corrected chi connectivity index (χ4v) is 4.99. The van der Waals surface area contributed by atoms with Gasteiger partial charge in [-0.25, -0.2) is 4.98 Å². The summed E-state index contributed by atoms with van der Waals surface area (Å²) >= 11 is 1.57. The van der Waals surface area contributed by atoms with Gasteiger partial charge < -0.3 is 14.8 Å². The van der Waals surface area contributed by atoms with Crippen LogP contribution < -0.4 is 10.1 Å². The highest BCUT2D eigenvalue weighted by Gasteiger charge is 2.27. The molecule has 3 rings (SSSR count). The fourth-order valence-electron chi connectivity index (χ4n) is 4.16. The molecule has 1 N–H and O–H groups in total. The lowest BCUT2D eigenvalue weighted by atomic mass is 9.92. The molecule has 1 aromatic carbocycles. The van der Waals surface area contributed by atoms with Gasteiger partial charge in [-0.05, 0) is 37.1 Å². The van der Waals surface area contributed by atoms with E-state index in [9.17, 15) is 4.79 Å². The number of nitrogens with one attached hydrogen (secondary N) is 1. The summed E-state index contributed by atoms with van der Waals surface area (Å²) in [4.78, 5) is 19.8. The molecular weight excluding hydrogens is 410 g/mol. The molecule has 0 spiro atoms.